The Morgan fingerprint density at radius 2 is 1.90 bits per heavy atom. The molecule has 0 saturated carbocycles. The molecule has 0 radical (unpaired) electrons. The molecule has 2 rings (SSSR count). The summed E-state index contributed by atoms with van der Waals surface area (Å²) in [5.74, 6) is -0.252. The second-order valence-electron chi connectivity index (χ2n) is 6.17. The van der Waals surface area contributed by atoms with Crippen LogP contribution in [-0.2, 0) is 9.53 Å². The fourth-order valence-corrected chi connectivity index (χ4v) is 2.23. The number of carbonyl (C=O) groups is 2. The highest BCUT2D eigenvalue weighted by atomic mass is 16.6. The molecule has 0 atom stereocenters. The van der Waals surface area contributed by atoms with Gasteiger partial charge in [-0.2, -0.15) is 0 Å². The van der Waals surface area contributed by atoms with Crippen LogP contribution >= 0.6 is 0 Å². The highest BCUT2D eigenvalue weighted by Crippen LogP contribution is 2.11. The zero-order valence-electron chi connectivity index (χ0n) is 12.8. The Hall–Kier alpha value is -1.82. The highest BCUT2D eigenvalue weighted by molar-refractivity contribution is 5.93. The standard InChI is InChI=1S/C15H22N2O4/c1-15(2,3)21-13(18)10-16-5-7-17(8-6-16)14(19)12-4-9-20-11-12/h4,9,11H,5-8,10H2,1-3H3. The first-order chi connectivity index (χ1) is 9.85. The lowest BCUT2D eigenvalue weighted by Crippen LogP contribution is -2.50. The Morgan fingerprint density at radius 3 is 2.43 bits per heavy atom. The molecule has 116 valence electrons. The molecule has 1 aliphatic heterocycles. The van der Waals surface area contributed by atoms with Crippen LogP contribution in [0.4, 0.5) is 0 Å². The van der Waals surface area contributed by atoms with Crippen LogP contribution in [0.3, 0.4) is 0 Å². The van der Waals surface area contributed by atoms with Gasteiger partial charge < -0.3 is 14.1 Å². The van der Waals surface area contributed by atoms with E-state index in [0.29, 0.717) is 31.7 Å². The molecule has 1 aliphatic rings. The number of nitrogens with zero attached hydrogens (tertiary/aromatic N) is 2. The predicted octanol–water partition coefficient (Wildman–Crippen LogP) is 1.38. The lowest BCUT2D eigenvalue weighted by Gasteiger charge is -2.34. The number of carbonyl (C=O) groups excluding carboxylic acids is 2. The van der Waals surface area contributed by atoms with Crippen LogP contribution in [0.1, 0.15) is 31.1 Å². The van der Waals surface area contributed by atoms with Crippen molar-refractivity contribution >= 4 is 11.9 Å². The molecule has 0 bridgehead atoms. The van der Waals surface area contributed by atoms with Gasteiger partial charge in [-0.1, -0.05) is 0 Å². The number of hydrogen-bond donors (Lipinski definition) is 0. The molecule has 0 aromatic carbocycles. The van der Waals surface area contributed by atoms with Crippen molar-refractivity contribution in [1.82, 2.24) is 9.80 Å². The molecule has 2 heterocycles. The Balaban J connectivity index is 1.78. The fourth-order valence-electron chi connectivity index (χ4n) is 2.23. The van der Waals surface area contributed by atoms with Crippen molar-refractivity contribution < 1.29 is 18.7 Å². The number of esters is 1. The van der Waals surface area contributed by atoms with Crippen molar-refractivity contribution in [2.45, 2.75) is 26.4 Å². The maximum atomic E-state index is 12.1. The highest BCUT2D eigenvalue weighted by Gasteiger charge is 2.25. The Labute approximate surface area is 124 Å². The summed E-state index contributed by atoms with van der Waals surface area (Å²) >= 11 is 0. The van der Waals surface area contributed by atoms with E-state index in [1.54, 1.807) is 11.0 Å². The maximum absolute atomic E-state index is 12.1. The third-order valence-electron chi connectivity index (χ3n) is 3.20. The van der Waals surface area contributed by atoms with E-state index in [0.717, 1.165) is 0 Å². The van der Waals surface area contributed by atoms with Gasteiger partial charge in [-0.05, 0) is 26.8 Å². The lowest BCUT2D eigenvalue weighted by atomic mass is 10.2. The lowest BCUT2D eigenvalue weighted by molar-refractivity contribution is -0.156. The molecular formula is C15H22N2O4. The molecule has 0 N–H and O–H groups in total. The van der Waals surface area contributed by atoms with E-state index in [1.807, 2.05) is 25.7 Å². The minimum atomic E-state index is -0.462. The van der Waals surface area contributed by atoms with Crippen LogP contribution in [0.2, 0.25) is 0 Å². The second-order valence-corrected chi connectivity index (χ2v) is 6.17. The number of ether oxygens (including phenoxy) is 1. The zero-order chi connectivity index (χ0) is 15.5. The second kappa shape index (κ2) is 6.30. The van der Waals surface area contributed by atoms with Gasteiger partial charge in [-0.15, -0.1) is 0 Å². The van der Waals surface area contributed by atoms with E-state index in [2.05, 4.69) is 0 Å². The first-order valence-electron chi connectivity index (χ1n) is 7.11. The van der Waals surface area contributed by atoms with Crippen molar-refractivity contribution in [3.63, 3.8) is 0 Å². The average molecular weight is 294 g/mol. The number of furan rings is 1. The minimum Gasteiger partial charge on any atom is -0.472 e. The Morgan fingerprint density at radius 1 is 1.24 bits per heavy atom. The molecule has 0 aliphatic carbocycles. The van der Waals surface area contributed by atoms with E-state index in [9.17, 15) is 9.59 Å². The SMILES string of the molecule is CC(C)(C)OC(=O)CN1CCN(C(=O)c2ccoc2)CC1. The number of rotatable bonds is 3. The van der Waals surface area contributed by atoms with Crippen LogP contribution in [0.25, 0.3) is 0 Å². The summed E-state index contributed by atoms with van der Waals surface area (Å²) in [6.45, 7) is 8.38. The molecule has 21 heavy (non-hydrogen) atoms. The van der Waals surface area contributed by atoms with Gasteiger partial charge in [0.1, 0.15) is 11.9 Å². The first kappa shape index (κ1) is 15.6. The first-order valence-corrected chi connectivity index (χ1v) is 7.11. The summed E-state index contributed by atoms with van der Waals surface area (Å²) in [5, 5.41) is 0. The molecule has 1 aromatic rings. The van der Waals surface area contributed by atoms with E-state index in [1.165, 1.54) is 12.5 Å². The summed E-state index contributed by atoms with van der Waals surface area (Å²) in [4.78, 5) is 27.7. The third-order valence-corrected chi connectivity index (χ3v) is 3.20. The molecule has 1 aromatic heterocycles. The van der Waals surface area contributed by atoms with Crippen LogP contribution < -0.4 is 0 Å². The fraction of sp³-hybridized carbons (Fsp3) is 0.600. The molecule has 0 spiro atoms. The molecular weight excluding hydrogens is 272 g/mol. The van der Waals surface area contributed by atoms with Gasteiger partial charge in [0.15, 0.2) is 0 Å². The number of hydrogen-bond acceptors (Lipinski definition) is 5. The quantitative estimate of drug-likeness (QED) is 0.788. The largest absolute Gasteiger partial charge is 0.472 e. The van der Waals surface area contributed by atoms with Crippen LogP contribution in [0.5, 0.6) is 0 Å². The van der Waals surface area contributed by atoms with Crippen molar-refractivity contribution in [2.75, 3.05) is 32.7 Å². The summed E-state index contributed by atoms with van der Waals surface area (Å²) in [7, 11) is 0. The van der Waals surface area contributed by atoms with Gasteiger partial charge in [0.2, 0.25) is 0 Å². The van der Waals surface area contributed by atoms with Gasteiger partial charge in [-0.25, -0.2) is 0 Å². The third kappa shape index (κ3) is 4.60. The molecule has 0 unspecified atom stereocenters. The van der Waals surface area contributed by atoms with E-state index in [-0.39, 0.29) is 18.4 Å². The van der Waals surface area contributed by atoms with Gasteiger partial charge in [0, 0.05) is 26.2 Å². The minimum absolute atomic E-state index is 0.0272. The molecule has 1 fully saturated rings. The van der Waals surface area contributed by atoms with Crippen LogP contribution in [-0.4, -0.2) is 60.0 Å². The zero-order valence-corrected chi connectivity index (χ0v) is 12.8. The van der Waals surface area contributed by atoms with Crippen LogP contribution in [0, 0.1) is 0 Å². The molecule has 1 saturated heterocycles. The molecule has 6 heteroatoms. The van der Waals surface area contributed by atoms with Crippen LogP contribution in [0.15, 0.2) is 23.0 Å². The Bertz CT molecular complexity index is 482. The smallest absolute Gasteiger partial charge is 0.320 e. The van der Waals surface area contributed by atoms with Crippen molar-refractivity contribution in [3.8, 4) is 0 Å². The topological polar surface area (TPSA) is 63.0 Å². The van der Waals surface area contributed by atoms with Gasteiger partial charge in [-0.3, -0.25) is 14.5 Å². The molecule has 6 nitrogen and oxygen atoms in total. The maximum Gasteiger partial charge on any atom is 0.320 e. The van der Waals surface area contributed by atoms with Crippen molar-refractivity contribution in [1.29, 1.82) is 0 Å². The summed E-state index contributed by atoms with van der Waals surface area (Å²) in [6.07, 6.45) is 2.95. The van der Waals surface area contributed by atoms with Crippen molar-refractivity contribution in [2.24, 2.45) is 0 Å². The predicted molar refractivity (Wildman–Crippen MR) is 76.9 cm³/mol. The van der Waals surface area contributed by atoms with Crippen molar-refractivity contribution in [3.05, 3.63) is 24.2 Å². The van der Waals surface area contributed by atoms with Gasteiger partial charge >= 0.3 is 5.97 Å². The van der Waals surface area contributed by atoms with E-state index >= 15 is 0 Å². The summed E-state index contributed by atoms with van der Waals surface area (Å²) in [6, 6.07) is 1.66. The van der Waals surface area contributed by atoms with Gasteiger partial charge in [0.05, 0.1) is 18.4 Å². The normalized spacial score (nSPS) is 16.8. The number of piperazine rings is 1. The molecule has 1 amide bonds. The monoisotopic (exact) mass is 294 g/mol. The van der Waals surface area contributed by atoms with E-state index < -0.39 is 5.60 Å². The van der Waals surface area contributed by atoms with E-state index in [4.69, 9.17) is 9.15 Å². The number of amides is 1. The van der Waals surface area contributed by atoms with Gasteiger partial charge in [0.25, 0.3) is 5.91 Å². The average Bonchev–Trinajstić information content (AvgIpc) is 2.90. The summed E-state index contributed by atoms with van der Waals surface area (Å²) < 4.78 is 10.2. The Kier molecular flexibility index (Phi) is 4.67. The summed E-state index contributed by atoms with van der Waals surface area (Å²) in [5.41, 5.74) is 0.103.